The summed E-state index contributed by atoms with van der Waals surface area (Å²) < 4.78 is 18.3. The molecule has 3 N–H and O–H groups in total. The number of hydrogen-bond donors (Lipinski definition) is 3. The Morgan fingerprint density at radius 1 is 0.925 bits per heavy atom. The lowest BCUT2D eigenvalue weighted by Crippen LogP contribution is -2.63. The monoisotopic (exact) mass is 720 g/mol. The molecular formula is C42H48N4O7. The minimum absolute atomic E-state index is 0.0311. The number of hydrogen-bond acceptors (Lipinski definition) is 11. The Morgan fingerprint density at radius 3 is 2.13 bits per heavy atom. The van der Waals surface area contributed by atoms with Crippen molar-refractivity contribution in [2.45, 2.75) is 70.6 Å². The highest BCUT2D eigenvalue weighted by molar-refractivity contribution is 6.26. The Balaban J connectivity index is 1.34. The lowest BCUT2D eigenvalue weighted by atomic mass is 9.57. The summed E-state index contributed by atoms with van der Waals surface area (Å²) in [6.07, 6.45) is 0.613. The van der Waals surface area contributed by atoms with Crippen LogP contribution in [0.3, 0.4) is 0 Å². The van der Waals surface area contributed by atoms with Crippen molar-refractivity contribution in [1.82, 2.24) is 15.4 Å². The van der Waals surface area contributed by atoms with Crippen molar-refractivity contribution in [3.63, 3.8) is 0 Å². The van der Waals surface area contributed by atoms with Crippen LogP contribution in [0.25, 0.3) is 5.76 Å². The fourth-order valence-electron chi connectivity index (χ4n) is 8.26. The number of aromatic nitrogens is 1. The van der Waals surface area contributed by atoms with E-state index in [0.717, 1.165) is 27.9 Å². The zero-order valence-corrected chi connectivity index (χ0v) is 31.4. The van der Waals surface area contributed by atoms with Gasteiger partial charge in [0.1, 0.15) is 30.3 Å². The quantitative estimate of drug-likeness (QED) is 0.165. The fraction of sp³-hybridized carbons (Fsp3) is 0.405. The standard InChI is InChI=1S/C42H48N4O7/c1-41(2,3)43-21-27-20-30(51-22-24-14-10-8-11-15-24)32-28(34(27)45(4)5)18-26-19-29-35(46(6)7)37-33(39(49)42(29,50)38(48)31(26)36(32)47)40(44-53-37)52-23-25-16-12-9-13-17-25/h8-17,20,26,29,35,43,47,50H,18-19,21-23H2,1-7H3/t26-,29-,35-,42-/m0/s1. The van der Waals surface area contributed by atoms with Crippen LogP contribution in [-0.4, -0.2) is 71.2 Å². The normalized spacial score (nSPS) is 22.2. The Hall–Kier alpha value is -4.97. The number of aliphatic hydroxyl groups is 2. The summed E-state index contributed by atoms with van der Waals surface area (Å²) in [5, 5.41) is 32.6. The first-order chi connectivity index (χ1) is 25.2. The average Bonchev–Trinajstić information content (AvgIpc) is 3.53. The van der Waals surface area contributed by atoms with Gasteiger partial charge in [0.15, 0.2) is 11.4 Å². The molecule has 11 heteroatoms. The molecule has 1 saturated carbocycles. The number of fused-ring (bicyclic) bond motifs is 4. The van der Waals surface area contributed by atoms with Crippen LogP contribution in [0.5, 0.6) is 11.6 Å². The molecule has 278 valence electrons. The van der Waals surface area contributed by atoms with E-state index < -0.39 is 35.0 Å². The molecule has 3 aliphatic rings. The predicted molar refractivity (Wildman–Crippen MR) is 201 cm³/mol. The molecule has 3 aromatic carbocycles. The van der Waals surface area contributed by atoms with Gasteiger partial charge in [-0.15, -0.1) is 0 Å². The number of carbonyl (C=O) groups is 2. The van der Waals surface area contributed by atoms with Crippen LogP contribution in [0, 0.1) is 11.8 Å². The number of aliphatic hydroxyl groups excluding tert-OH is 1. The minimum atomic E-state index is -2.50. The molecule has 11 nitrogen and oxygen atoms in total. The summed E-state index contributed by atoms with van der Waals surface area (Å²) in [6, 6.07) is 20.4. The highest BCUT2D eigenvalue weighted by Crippen LogP contribution is 2.57. The van der Waals surface area contributed by atoms with E-state index in [-0.39, 0.29) is 53.7 Å². The molecule has 0 amide bonds. The Bertz CT molecular complexity index is 2070. The molecule has 53 heavy (non-hydrogen) atoms. The van der Waals surface area contributed by atoms with Gasteiger partial charge in [0.2, 0.25) is 11.6 Å². The minimum Gasteiger partial charge on any atom is -0.507 e. The largest absolute Gasteiger partial charge is 0.507 e. The van der Waals surface area contributed by atoms with Gasteiger partial charge in [-0.25, -0.2) is 0 Å². The molecule has 1 heterocycles. The number of ether oxygens (including phenoxy) is 2. The maximum absolute atomic E-state index is 14.9. The Kier molecular flexibility index (Phi) is 9.46. The van der Waals surface area contributed by atoms with E-state index >= 15 is 0 Å². The zero-order valence-electron chi connectivity index (χ0n) is 31.4. The molecule has 1 fully saturated rings. The molecule has 0 aliphatic heterocycles. The lowest BCUT2D eigenvalue weighted by molar-refractivity contribution is -0.142. The number of rotatable bonds is 10. The number of ketones is 2. The van der Waals surface area contributed by atoms with Crippen molar-refractivity contribution >= 4 is 23.0 Å². The number of anilines is 1. The van der Waals surface area contributed by atoms with E-state index in [4.69, 9.17) is 14.0 Å². The van der Waals surface area contributed by atoms with E-state index in [2.05, 4.69) is 31.2 Å². The predicted octanol–water partition coefficient (Wildman–Crippen LogP) is 6.05. The molecule has 7 rings (SSSR count). The van der Waals surface area contributed by atoms with Gasteiger partial charge in [-0.3, -0.25) is 14.5 Å². The Labute approximate surface area is 310 Å². The molecule has 4 atom stereocenters. The van der Waals surface area contributed by atoms with E-state index in [1.807, 2.05) is 105 Å². The SMILES string of the molecule is CN(C)c1c(CNC(C)(C)C)cc(OCc2ccccc2)c2c1C[C@H]1C[C@H]3[C@H](N(C)C)c4onc(OCc5ccccc5)c4C(=O)[C@@]3(O)C(=O)C1=C2O. The summed E-state index contributed by atoms with van der Waals surface area (Å²) >= 11 is 0. The maximum Gasteiger partial charge on any atom is 0.265 e. The van der Waals surface area contributed by atoms with Crippen LogP contribution in [0.2, 0.25) is 0 Å². The van der Waals surface area contributed by atoms with Crippen molar-refractivity contribution < 1.29 is 33.8 Å². The van der Waals surface area contributed by atoms with Crippen LogP contribution < -0.4 is 19.7 Å². The highest BCUT2D eigenvalue weighted by atomic mass is 16.5. The van der Waals surface area contributed by atoms with Crippen molar-refractivity contribution in [2.75, 3.05) is 33.1 Å². The van der Waals surface area contributed by atoms with Gasteiger partial charge < -0.3 is 34.4 Å². The highest BCUT2D eigenvalue weighted by Gasteiger charge is 2.65. The molecule has 0 saturated heterocycles. The summed E-state index contributed by atoms with van der Waals surface area (Å²) in [7, 11) is 7.56. The van der Waals surface area contributed by atoms with E-state index in [1.54, 1.807) is 0 Å². The topological polar surface area (TPSA) is 138 Å². The summed E-state index contributed by atoms with van der Waals surface area (Å²) in [4.78, 5) is 33.3. The lowest BCUT2D eigenvalue weighted by Gasteiger charge is -2.49. The van der Waals surface area contributed by atoms with Gasteiger partial charge in [0.25, 0.3) is 5.88 Å². The van der Waals surface area contributed by atoms with Gasteiger partial charge in [-0.1, -0.05) is 60.7 Å². The van der Waals surface area contributed by atoms with E-state index in [9.17, 15) is 19.8 Å². The summed E-state index contributed by atoms with van der Waals surface area (Å²) in [5.74, 6) is -2.74. The van der Waals surface area contributed by atoms with E-state index in [0.29, 0.717) is 24.3 Å². The smallest absolute Gasteiger partial charge is 0.265 e. The molecule has 1 aromatic heterocycles. The van der Waals surface area contributed by atoms with E-state index in [1.165, 1.54) is 0 Å². The fourth-order valence-corrected chi connectivity index (χ4v) is 8.26. The maximum atomic E-state index is 14.9. The zero-order chi connectivity index (χ0) is 37.8. The van der Waals surface area contributed by atoms with Gasteiger partial charge in [-0.05, 0) is 87.1 Å². The van der Waals surface area contributed by atoms with Crippen molar-refractivity contribution in [2.24, 2.45) is 11.8 Å². The number of carbonyl (C=O) groups excluding carboxylic acids is 2. The second-order valence-corrected chi connectivity index (χ2v) is 15.8. The van der Waals surface area contributed by atoms with Crippen molar-refractivity contribution in [3.8, 4) is 11.6 Å². The number of Topliss-reactive ketones (excluding diaryl/α,β-unsaturated/α-hetero) is 2. The summed E-state index contributed by atoms with van der Waals surface area (Å²) in [6.45, 7) is 7.19. The number of benzene rings is 3. The first kappa shape index (κ1) is 36.4. The van der Waals surface area contributed by atoms with Crippen LogP contribution in [0.1, 0.15) is 77.2 Å². The van der Waals surface area contributed by atoms with Crippen LogP contribution in [-0.2, 0) is 31.0 Å². The number of nitrogens with one attached hydrogen (secondary N) is 1. The Morgan fingerprint density at radius 2 is 1.55 bits per heavy atom. The van der Waals surface area contributed by atoms with Gasteiger partial charge in [0, 0.05) is 43.4 Å². The van der Waals surface area contributed by atoms with Gasteiger partial charge >= 0.3 is 0 Å². The van der Waals surface area contributed by atoms with Crippen LogP contribution in [0.4, 0.5) is 5.69 Å². The molecule has 0 bridgehead atoms. The van der Waals surface area contributed by atoms with Crippen molar-refractivity contribution in [3.05, 3.63) is 111 Å². The second-order valence-electron chi connectivity index (χ2n) is 15.8. The average molecular weight is 721 g/mol. The first-order valence-electron chi connectivity index (χ1n) is 18.1. The third-order valence-corrected chi connectivity index (χ3v) is 10.6. The summed E-state index contributed by atoms with van der Waals surface area (Å²) in [5.41, 5.74) is 2.24. The molecule has 0 radical (unpaired) electrons. The molecular weight excluding hydrogens is 672 g/mol. The molecule has 4 aromatic rings. The van der Waals surface area contributed by atoms with Gasteiger partial charge in [0.05, 0.1) is 11.6 Å². The van der Waals surface area contributed by atoms with Crippen molar-refractivity contribution in [1.29, 1.82) is 0 Å². The second kappa shape index (κ2) is 13.8. The molecule has 0 unspecified atom stereocenters. The molecule has 0 spiro atoms. The first-order valence-corrected chi connectivity index (χ1v) is 18.1. The third kappa shape index (κ3) is 6.40. The van der Waals surface area contributed by atoms with Crippen LogP contribution >= 0.6 is 0 Å². The molecule has 3 aliphatic carbocycles. The number of nitrogens with zero attached hydrogens (tertiary/aromatic N) is 3. The third-order valence-electron chi connectivity index (χ3n) is 10.6. The van der Waals surface area contributed by atoms with Gasteiger partial charge in [-0.2, -0.15) is 0 Å². The van der Waals surface area contributed by atoms with Crippen LogP contribution in [0.15, 0.2) is 76.8 Å².